The maximum absolute atomic E-state index is 12.8. The maximum Gasteiger partial charge on any atom is 0.236 e. The molecule has 0 aromatic rings. The second kappa shape index (κ2) is 21.2. The van der Waals surface area contributed by atoms with E-state index < -0.39 is 6.04 Å². The molecule has 0 aromatic carbocycles. The number of likely N-dealkylation sites (tertiary alicyclic amines) is 1. The van der Waals surface area contributed by atoms with Crippen LogP contribution in [0.1, 0.15) is 135 Å². The van der Waals surface area contributed by atoms with Crippen LogP contribution in [0.25, 0.3) is 0 Å². The van der Waals surface area contributed by atoms with Gasteiger partial charge in [0.15, 0.2) is 0 Å². The standard InChI is InChI=1S/C28H56N4O2/c1-2-3-4-5-6-7-8-9-10-11-12-13-14-21-27(33)32-23-18-16-19-25(32)24-31-28(34)26(30)20-15-17-22-29/h25-26H,2-24,29-30H2,1H3,(H,31,34)/t25?,26-/m0/s1. The van der Waals surface area contributed by atoms with Crippen LogP contribution in [0.15, 0.2) is 0 Å². The predicted octanol–water partition coefficient (Wildman–Crippen LogP) is 5.42. The molecule has 34 heavy (non-hydrogen) atoms. The Kier molecular flexibility index (Phi) is 19.2. The molecule has 1 fully saturated rings. The maximum atomic E-state index is 12.8. The minimum Gasteiger partial charge on any atom is -0.353 e. The van der Waals surface area contributed by atoms with E-state index in [4.69, 9.17) is 11.5 Å². The Morgan fingerprint density at radius 2 is 1.44 bits per heavy atom. The van der Waals surface area contributed by atoms with Crippen molar-refractivity contribution < 1.29 is 9.59 Å². The zero-order valence-electron chi connectivity index (χ0n) is 22.3. The molecular formula is C28H56N4O2. The summed E-state index contributed by atoms with van der Waals surface area (Å²) in [7, 11) is 0. The Morgan fingerprint density at radius 3 is 2.03 bits per heavy atom. The van der Waals surface area contributed by atoms with Crippen LogP contribution in [0.2, 0.25) is 0 Å². The molecule has 0 bridgehead atoms. The van der Waals surface area contributed by atoms with Crippen molar-refractivity contribution in [1.29, 1.82) is 0 Å². The number of piperidine rings is 1. The Bertz CT molecular complexity index is 515. The lowest BCUT2D eigenvalue weighted by atomic mass is 10.00. The number of unbranched alkanes of at least 4 members (excludes halogenated alkanes) is 13. The first-order chi connectivity index (χ1) is 16.6. The number of carbonyl (C=O) groups is 2. The predicted molar refractivity (Wildman–Crippen MR) is 144 cm³/mol. The molecule has 1 aliphatic rings. The molecule has 1 saturated heterocycles. The largest absolute Gasteiger partial charge is 0.353 e. The van der Waals surface area contributed by atoms with Gasteiger partial charge >= 0.3 is 0 Å². The lowest BCUT2D eigenvalue weighted by molar-refractivity contribution is -0.135. The van der Waals surface area contributed by atoms with Crippen molar-refractivity contribution in [1.82, 2.24) is 10.2 Å². The van der Waals surface area contributed by atoms with Crippen molar-refractivity contribution in [2.45, 2.75) is 147 Å². The van der Waals surface area contributed by atoms with Gasteiger partial charge < -0.3 is 21.7 Å². The lowest BCUT2D eigenvalue weighted by Crippen LogP contribution is -2.51. The lowest BCUT2D eigenvalue weighted by Gasteiger charge is -2.36. The number of nitrogens with zero attached hydrogens (tertiary/aromatic N) is 1. The number of amides is 2. The third kappa shape index (κ3) is 15.0. The van der Waals surface area contributed by atoms with E-state index in [1.165, 1.54) is 70.6 Å². The van der Waals surface area contributed by atoms with E-state index in [9.17, 15) is 9.59 Å². The van der Waals surface area contributed by atoms with Crippen LogP contribution in [-0.4, -0.2) is 48.4 Å². The van der Waals surface area contributed by atoms with E-state index in [1.807, 2.05) is 4.90 Å². The summed E-state index contributed by atoms with van der Waals surface area (Å²) in [6.07, 6.45) is 23.3. The smallest absolute Gasteiger partial charge is 0.236 e. The molecule has 6 nitrogen and oxygen atoms in total. The number of hydrogen-bond donors (Lipinski definition) is 3. The zero-order valence-corrected chi connectivity index (χ0v) is 22.3. The third-order valence-electron chi connectivity index (χ3n) is 7.26. The first-order valence-electron chi connectivity index (χ1n) is 14.6. The summed E-state index contributed by atoms with van der Waals surface area (Å²) in [5, 5.41) is 2.99. The van der Waals surface area contributed by atoms with E-state index in [0.717, 1.165) is 51.5 Å². The van der Waals surface area contributed by atoms with Gasteiger partial charge in [0.05, 0.1) is 6.04 Å². The average molecular weight is 481 g/mol. The molecule has 200 valence electrons. The van der Waals surface area contributed by atoms with Crippen molar-refractivity contribution in [3.05, 3.63) is 0 Å². The summed E-state index contributed by atoms with van der Waals surface area (Å²) in [5.74, 6) is 0.153. The highest BCUT2D eigenvalue weighted by molar-refractivity contribution is 5.81. The highest BCUT2D eigenvalue weighted by atomic mass is 16.2. The number of nitrogens with two attached hydrogens (primary N) is 2. The highest BCUT2D eigenvalue weighted by Crippen LogP contribution is 2.19. The Labute approximate surface area is 210 Å². The van der Waals surface area contributed by atoms with Crippen molar-refractivity contribution >= 4 is 11.8 Å². The van der Waals surface area contributed by atoms with Gasteiger partial charge in [0.1, 0.15) is 0 Å². The summed E-state index contributed by atoms with van der Waals surface area (Å²) < 4.78 is 0. The molecule has 0 radical (unpaired) electrons. The van der Waals surface area contributed by atoms with Gasteiger partial charge in [-0.2, -0.15) is 0 Å². The van der Waals surface area contributed by atoms with Gasteiger partial charge in [-0.1, -0.05) is 90.4 Å². The van der Waals surface area contributed by atoms with E-state index in [-0.39, 0.29) is 17.9 Å². The van der Waals surface area contributed by atoms with Gasteiger partial charge in [-0.15, -0.1) is 0 Å². The quantitative estimate of drug-likeness (QED) is 0.191. The molecule has 1 rings (SSSR count). The fourth-order valence-corrected chi connectivity index (χ4v) is 4.97. The Balaban J connectivity index is 2.11. The monoisotopic (exact) mass is 480 g/mol. The minimum atomic E-state index is -0.481. The van der Waals surface area contributed by atoms with Crippen molar-refractivity contribution in [3.63, 3.8) is 0 Å². The molecule has 2 amide bonds. The fraction of sp³-hybridized carbons (Fsp3) is 0.929. The van der Waals surface area contributed by atoms with Crippen LogP contribution in [0.4, 0.5) is 0 Å². The van der Waals surface area contributed by atoms with Gasteiger partial charge in [-0.25, -0.2) is 0 Å². The van der Waals surface area contributed by atoms with Crippen LogP contribution in [0.3, 0.4) is 0 Å². The van der Waals surface area contributed by atoms with Crippen molar-refractivity contribution in [2.75, 3.05) is 19.6 Å². The molecule has 0 aliphatic carbocycles. The summed E-state index contributed by atoms with van der Waals surface area (Å²) in [5.41, 5.74) is 11.5. The average Bonchev–Trinajstić information content (AvgIpc) is 2.85. The van der Waals surface area contributed by atoms with Crippen LogP contribution in [0, 0.1) is 0 Å². The highest BCUT2D eigenvalue weighted by Gasteiger charge is 2.27. The van der Waals surface area contributed by atoms with Crippen LogP contribution in [-0.2, 0) is 9.59 Å². The molecule has 1 heterocycles. The van der Waals surface area contributed by atoms with Gasteiger partial charge in [0, 0.05) is 25.6 Å². The third-order valence-corrected chi connectivity index (χ3v) is 7.26. The summed E-state index contributed by atoms with van der Waals surface area (Å²) in [6.45, 7) is 4.24. The molecule has 6 heteroatoms. The molecular weight excluding hydrogens is 424 g/mol. The number of carbonyl (C=O) groups excluding carboxylic acids is 2. The first-order valence-corrected chi connectivity index (χ1v) is 14.6. The van der Waals surface area contributed by atoms with Crippen LogP contribution < -0.4 is 16.8 Å². The van der Waals surface area contributed by atoms with Crippen molar-refractivity contribution in [2.24, 2.45) is 11.5 Å². The first kappa shape index (κ1) is 30.9. The van der Waals surface area contributed by atoms with E-state index in [0.29, 0.717) is 25.9 Å². The number of nitrogens with one attached hydrogen (secondary N) is 1. The fourth-order valence-electron chi connectivity index (χ4n) is 4.97. The number of rotatable bonds is 21. The van der Waals surface area contributed by atoms with E-state index in [2.05, 4.69) is 12.2 Å². The topological polar surface area (TPSA) is 101 Å². The van der Waals surface area contributed by atoms with Crippen molar-refractivity contribution in [3.8, 4) is 0 Å². The van der Waals surface area contributed by atoms with E-state index >= 15 is 0 Å². The van der Waals surface area contributed by atoms with E-state index in [1.54, 1.807) is 0 Å². The molecule has 1 unspecified atom stereocenters. The van der Waals surface area contributed by atoms with Gasteiger partial charge in [-0.3, -0.25) is 9.59 Å². The van der Waals surface area contributed by atoms with Crippen LogP contribution >= 0.6 is 0 Å². The van der Waals surface area contributed by atoms with Gasteiger partial charge in [0.2, 0.25) is 11.8 Å². The number of hydrogen-bond acceptors (Lipinski definition) is 4. The summed E-state index contributed by atoms with van der Waals surface area (Å²) >= 11 is 0. The normalized spacial score (nSPS) is 17.0. The second-order valence-electron chi connectivity index (χ2n) is 10.4. The molecule has 5 N–H and O–H groups in total. The second-order valence-corrected chi connectivity index (χ2v) is 10.4. The van der Waals surface area contributed by atoms with Gasteiger partial charge in [0.25, 0.3) is 0 Å². The zero-order chi connectivity index (χ0) is 24.9. The SMILES string of the molecule is CCCCCCCCCCCCCCCC(=O)N1CCCCC1CNC(=O)[C@@H](N)CCCCN. The Hall–Kier alpha value is -1.14. The molecule has 0 saturated carbocycles. The summed E-state index contributed by atoms with van der Waals surface area (Å²) in [6, 6.07) is -0.367. The molecule has 0 spiro atoms. The minimum absolute atomic E-state index is 0.105. The summed E-state index contributed by atoms with van der Waals surface area (Å²) in [4.78, 5) is 27.2. The van der Waals surface area contributed by atoms with Crippen LogP contribution in [0.5, 0.6) is 0 Å². The molecule has 2 atom stereocenters. The Morgan fingerprint density at radius 1 is 0.853 bits per heavy atom. The molecule has 1 aliphatic heterocycles. The molecule has 0 aromatic heterocycles. The van der Waals surface area contributed by atoms with Gasteiger partial charge in [-0.05, 0) is 45.1 Å².